The van der Waals surface area contributed by atoms with Gasteiger partial charge in [0, 0.05) is 89.7 Å². The monoisotopic (exact) mass is 2070 g/mol. The quantitative estimate of drug-likeness (QED) is 0.0199. The highest BCUT2D eigenvalue weighted by Crippen LogP contribution is 2.73. The normalized spacial score (nSPS) is 49.7. The average Bonchev–Trinajstić information content (AvgIpc) is 1.54. The van der Waals surface area contributed by atoms with Gasteiger partial charge in [0.1, 0.15) is 39.1 Å². The Morgan fingerprint density at radius 2 is 0.568 bits per heavy atom. The smallest absolute Gasteiger partial charge is 0.333 e. The van der Waals surface area contributed by atoms with Crippen molar-refractivity contribution in [2.75, 3.05) is 78.3 Å². The fraction of sp³-hybridized carbons (Fsp3) is 0.798. The third-order valence-corrected chi connectivity index (χ3v) is 46.0. The van der Waals surface area contributed by atoms with E-state index >= 15 is 0 Å². The standard InChI is InChI=1S/C16H23NO3.C16H22O4.C15H21NO3.C15H20O4.C15H20O3S.C15H20O3.C14H18O3.C13H16O3/c1-8(2)16(18)19-4-3-17-12-6-9-5-11(12)14-10(9)7-13-15(14)20-13;1-8(2)16(17)19-4-3-18-12-6-9-5-11(12)14-10(9)7-13-15(14)20-13;1-2-13(17)18-4-3-16-11-6-8-5-10(11)14-9(8)7-12-15(14)19-12;1-2-13(16)18-4-3-17-11-6-8-5-10(11)14-9(8)7-12-15(14)19-12;1-2-13(16)17-3-4-19-12-6-8-5-10(12)14-9(8)7-11-15(14)18-11;1-2-13(16)17-4-3-8-5-9-6-10(8)14-11(9)7-12-15(14)18-12;1-2-12(15)16-6-8-3-7-4-9(8)13-10(7)5-11-14(13)17-11;1-2-11(14)15-9-4-6-3-8(9)12-7(6)5-10-13(12)16-10/h9-15,17H,1,3-7H2,2H3;9-15H,1,3-7H2,2H3;2,8-12,14-16H,1,3-7H2;2*2,8-12,14-15H,1,3-7H2;2,8-12,14-15H,1,3-7H2;2,7-11,13-14H,1,3-6H2;2,6-10,12-13H,1,3-5H2. The number of fused-ring (bicyclic) bond motifs is 56. The summed E-state index contributed by atoms with van der Waals surface area (Å²) < 4.78 is 98.6. The molecule has 8 aliphatic heterocycles. The summed E-state index contributed by atoms with van der Waals surface area (Å²) in [5.74, 6) is 26.6. The zero-order chi connectivity index (χ0) is 101. The number of thioether (sulfide) groups is 1. The van der Waals surface area contributed by atoms with Crippen LogP contribution in [0.4, 0.5) is 0 Å². The lowest BCUT2D eigenvalue weighted by atomic mass is 9.74. The van der Waals surface area contributed by atoms with Crippen molar-refractivity contribution in [2.24, 2.45) is 201 Å². The summed E-state index contributed by atoms with van der Waals surface area (Å²) in [4.78, 5) is 88.8. The predicted octanol–water partition coefficient (Wildman–Crippen LogP) is 13.8. The second-order valence-corrected chi connectivity index (χ2v) is 52.4. The molecule has 0 radical (unpaired) electrons. The molecule has 32 fully saturated rings. The molecule has 808 valence electrons. The van der Waals surface area contributed by atoms with Crippen LogP contribution in [0.5, 0.6) is 0 Å². The first-order valence-electron chi connectivity index (χ1n) is 58.0. The Labute approximate surface area is 876 Å². The number of carbonyl (C=O) groups excluding carboxylic acids is 8. The molecule has 0 spiro atoms. The second kappa shape index (κ2) is 41.9. The van der Waals surface area contributed by atoms with Crippen LogP contribution >= 0.6 is 11.8 Å². The van der Waals surface area contributed by atoms with Crippen LogP contribution in [0.15, 0.2) is 100 Å². The second-order valence-electron chi connectivity index (χ2n) is 51.1. The van der Waals surface area contributed by atoms with Gasteiger partial charge in [-0.25, -0.2) is 38.4 Å². The Morgan fingerprint density at radius 1 is 0.277 bits per heavy atom. The van der Waals surface area contributed by atoms with Gasteiger partial charge in [-0.2, -0.15) is 11.8 Å². The maximum atomic E-state index is 11.3. The van der Waals surface area contributed by atoms with E-state index in [0.717, 1.165) is 209 Å². The van der Waals surface area contributed by atoms with Crippen molar-refractivity contribution < 1.29 is 124 Å². The molecule has 28 nitrogen and oxygen atoms in total. The topological polar surface area (TPSA) is 353 Å². The lowest BCUT2D eigenvalue weighted by molar-refractivity contribution is -0.147. The highest BCUT2D eigenvalue weighted by atomic mass is 32.2. The zero-order valence-electron chi connectivity index (χ0n) is 86.6. The van der Waals surface area contributed by atoms with Gasteiger partial charge >= 0.3 is 47.8 Å². The van der Waals surface area contributed by atoms with E-state index in [1.807, 2.05) is 11.8 Å². The summed E-state index contributed by atoms with van der Waals surface area (Å²) in [5.41, 5.74) is 0.909. The summed E-state index contributed by atoms with van der Waals surface area (Å²) in [5, 5.41) is 7.95. The number of rotatable bonds is 34. The van der Waals surface area contributed by atoms with Gasteiger partial charge in [-0.1, -0.05) is 52.6 Å². The Kier molecular flexibility index (Phi) is 28.9. The molecule has 0 aromatic rings. The first-order chi connectivity index (χ1) is 71.9. The summed E-state index contributed by atoms with van der Waals surface area (Å²) in [6.45, 7) is 36.6. The Bertz CT molecular complexity index is 4820. The van der Waals surface area contributed by atoms with Crippen LogP contribution in [0.2, 0.25) is 0 Å². The van der Waals surface area contributed by atoms with E-state index in [2.05, 4.69) is 63.3 Å². The van der Waals surface area contributed by atoms with Crippen LogP contribution in [0.3, 0.4) is 0 Å². The third kappa shape index (κ3) is 19.8. The molecule has 32 aliphatic rings. The van der Waals surface area contributed by atoms with E-state index in [1.54, 1.807) is 13.8 Å². The molecule has 2 N–H and O–H groups in total. The minimum absolute atomic E-state index is 0.139. The largest absolute Gasteiger partial charge is 0.463 e. The molecule has 32 rings (SSSR count). The van der Waals surface area contributed by atoms with Crippen LogP contribution in [-0.2, 0) is 124 Å². The number of carbonyl (C=O) groups is 8. The van der Waals surface area contributed by atoms with Crippen molar-refractivity contribution in [1.82, 2.24) is 10.6 Å². The predicted molar refractivity (Wildman–Crippen MR) is 540 cm³/mol. The molecular formula is C119H160N2O26S. The number of hydrogen-bond donors (Lipinski definition) is 2. The van der Waals surface area contributed by atoms with Gasteiger partial charge in [0.2, 0.25) is 0 Å². The first-order valence-corrected chi connectivity index (χ1v) is 59.0. The highest BCUT2D eigenvalue weighted by Gasteiger charge is 2.75. The fourth-order valence-electron chi connectivity index (χ4n) is 39.2. The Hall–Kier alpha value is -6.45. The molecule has 24 aliphatic carbocycles. The first kappa shape index (κ1) is 102. The van der Waals surface area contributed by atoms with E-state index < -0.39 is 0 Å². The lowest BCUT2D eigenvalue weighted by Crippen LogP contribution is -2.42. The van der Waals surface area contributed by atoms with Gasteiger partial charge in [-0.05, 0) is 370 Å². The van der Waals surface area contributed by atoms with Crippen LogP contribution in [0.1, 0.15) is 174 Å². The minimum atomic E-state index is -0.373. The molecule has 8 heterocycles. The van der Waals surface area contributed by atoms with Crippen LogP contribution in [0, 0.1) is 201 Å². The van der Waals surface area contributed by atoms with Crippen molar-refractivity contribution in [2.45, 2.75) is 308 Å². The summed E-state index contributed by atoms with van der Waals surface area (Å²) in [6.07, 6.45) is 49.9. The maximum Gasteiger partial charge on any atom is 0.333 e. The fourth-order valence-corrected chi connectivity index (χ4v) is 40.6. The Morgan fingerprint density at radius 3 is 0.980 bits per heavy atom. The number of nitrogens with one attached hydrogen (secondary N) is 2. The van der Waals surface area contributed by atoms with Gasteiger partial charge in [-0.15, -0.1) is 0 Å². The summed E-state index contributed by atoms with van der Waals surface area (Å²) in [7, 11) is 0. The Balaban J connectivity index is 0.0000000879. The lowest BCUT2D eigenvalue weighted by Gasteiger charge is -2.33. The van der Waals surface area contributed by atoms with Gasteiger partial charge in [-0.3, -0.25) is 0 Å². The molecule has 29 heteroatoms. The van der Waals surface area contributed by atoms with Gasteiger partial charge in [0.05, 0.1) is 136 Å². The number of ether oxygens (including phenoxy) is 18. The molecular weight excluding hydrogens is 1910 g/mol. The summed E-state index contributed by atoms with van der Waals surface area (Å²) >= 11 is 2.00. The van der Waals surface area contributed by atoms with Gasteiger partial charge in [0.15, 0.2) is 0 Å². The van der Waals surface area contributed by atoms with E-state index in [0.29, 0.717) is 222 Å². The van der Waals surface area contributed by atoms with E-state index in [-0.39, 0.29) is 53.9 Å². The third-order valence-electron chi connectivity index (χ3n) is 44.6. The van der Waals surface area contributed by atoms with Crippen molar-refractivity contribution in [3.05, 3.63) is 100 Å². The molecule has 56 atom stereocenters. The van der Waals surface area contributed by atoms with E-state index in [1.165, 1.54) is 184 Å². The molecule has 148 heavy (non-hydrogen) atoms. The SMILES string of the molecule is C=C(C)C(=O)OCCNC1CC2CC1C1C2CC2OC21.C=C(C)C(=O)OCCOC1CC2CC1C1C2CC2OC21.C=CC(=O)OC1CC2CC1C1C2CC2OC21.C=CC(=O)OCC1CC2CC1C1C2CC2OC21.C=CC(=O)OCCC1CC2CC1C1C2CC2OC21.C=CC(=O)OCCNC1CC2CC1C1C2CC2OC21.C=CC(=O)OCCOC1CC2CC1C1C2CC2OC21.C=CC(=O)OCCSC1CC2CC1C1C2CC2OC21. The maximum absolute atomic E-state index is 11.3. The molecule has 0 aromatic heterocycles. The zero-order valence-corrected chi connectivity index (χ0v) is 87.5. The van der Waals surface area contributed by atoms with Crippen LogP contribution in [0.25, 0.3) is 0 Å². The van der Waals surface area contributed by atoms with Gasteiger partial charge in [0.25, 0.3) is 0 Å². The van der Waals surface area contributed by atoms with Crippen molar-refractivity contribution in [1.29, 1.82) is 0 Å². The van der Waals surface area contributed by atoms with Crippen molar-refractivity contribution in [3.8, 4) is 0 Å². The van der Waals surface area contributed by atoms with Crippen molar-refractivity contribution in [3.63, 3.8) is 0 Å². The molecule has 16 bridgehead atoms. The van der Waals surface area contributed by atoms with Crippen molar-refractivity contribution >= 4 is 59.5 Å². The number of esters is 8. The molecule has 56 unspecified atom stereocenters. The number of hydrogen-bond acceptors (Lipinski definition) is 29. The molecule has 24 saturated carbocycles. The summed E-state index contributed by atoms with van der Waals surface area (Å²) in [6, 6.07) is 1.21. The molecule has 8 saturated heterocycles. The highest BCUT2D eigenvalue weighted by molar-refractivity contribution is 7.99. The molecule has 0 aromatic carbocycles. The van der Waals surface area contributed by atoms with Gasteiger partial charge < -0.3 is 95.9 Å². The average molecular weight is 2070 g/mol. The molecule has 0 amide bonds. The minimum Gasteiger partial charge on any atom is -0.463 e. The van der Waals surface area contributed by atoms with E-state index in [9.17, 15) is 38.4 Å². The van der Waals surface area contributed by atoms with Crippen LogP contribution in [-0.4, -0.2) is 259 Å². The van der Waals surface area contributed by atoms with Crippen LogP contribution < -0.4 is 10.6 Å². The van der Waals surface area contributed by atoms with E-state index in [4.69, 9.17) is 85.3 Å². The number of epoxide rings is 8.